The van der Waals surface area contributed by atoms with Crippen LogP contribution in [0.3, 0.4) is 0 Å². The van der Waals surface area contributed by atoms with Crippen LogP contribution in [0.25, 0.3) is 5.57 Å². The average molecular weight is 194 g/mol. The standard InChI is InChI=1S/C10H11FN2O/c11-8-5-9(12)10(13-6-8)7-1-3-14-4-2-7/h1,5-6H,2-4,12H2. The quantitative estimate of drug-likeness (QED) is 0.738. The van der Waals surface area contributed by atoms with Gasteiger partial charge in [0.05, 0.1) is 30.8 Å². The number of hydrogen-bond acceptors (Lipinski definition) is 3. The maximum absolute atomic E-state index is 12.7. The number of ether oxygens (including phenoxy) is 1. The average Bonchev–Trinajstić information content (AvgIpc) is 2.19. The van der Waals surface area contributed by atoms with Crippen LogP contribution in [0.1, 0.15) is 12.1 Å². The van der Waals surface area contributed by atoms with Gasteiger partial charge in [-0.25, -0.2) is 4.39 Å². The molecule has 0 aromatic carbocycles. The van der Waals surface area contributed by atoms with Crippen LogP contribution in [-0.4, -0.2) is 18.2 Å². The van der Waals surface area contributed by atoms with Gasteiger partial charge in [-0.1, -0.05) is 6.08 Å². The van der Waals surface area contributed by atoms with Crippen LogP contribution >= 0.6 is 0 Å². The first kappa shape index (κ1) is 9.15. The Hall–Kier alpha value is -1.42. The lowest BCUT2D eigenvalue weighted by atomic mass is 10.1. The van der Waals surface area contributed by atoms with E-state index in [-0.39, 0.29) is 0 Å². The fraction of sp³-hybridized carbons (Fsp3) is 0.300. The third-order valence-electron chi connectivity index (χ3n) is 2.15. The maximum atomic E-state index is 12.7. The molecule has 74 valence electrons. The van der Waals surface area contributed by atoms with Gasteiger partial charge >= 0.3 is 0 Å². The van der Waals surface area contributed by atoms with Crippen molar-refractivity contribution in [1.29, 1.82) is 0 Å². The van der Waals surface area contributed by atoms with Gasteiger partial charge < -0.3 is 10.5 Å². The summed E-state index contributed by atoms with van der Waals surface area (Å²) in [5.41, 5.74) is 7.77. The van der Waals surface area contributed by atoms with Gasteiger partial charge in [-0.05, 0) is 12.0 Å². The molecule has 2 heterocycles. The van der Waals surface area contributed by atoms with E-state index in [0.717, 1.165) is 12.0 Å². The highest BCUT2D eigenvalue weighted by Crippen LogP contribution is 2.24. The van der Waals surface area contributed by atoms with Gasteiger partial charge in [0.25, 0.3) is 0 Å². The van der Waals surface area contributed by atoms with Gasteiger partial charge in [0.1, 0.15) is 5.82 Å². The Kier molecular flexibility index (Phi) is 2.45. The van der Waals surface area contributed by atoms with E-state index >= 15 is 0 Å². The van der Waals surface area contributed by atoms with E-state index in [0.29, 0.717) is 24.6 Å². The number of anilines is 1. The minimum Gasteiger partial charge on any atom is -0.397 e. The molecule has 1 aliphatic heterocycles. The maximum Gasteiger partial charge on any atom is 0.143 e. The van der Waals surface area contributed by atoms with Crippen molar-refractivity contribution in [3.05, 3.63) is 29.9 Å². The number of aromatic nitrogens is 1. The summed E-state index contributed by atoms with van der Waals surface area (Å²) in [7, 11) is 0. The van der Waals surface area contributed by atoms with E-state index in [1.165, 1.54) is 12.3 Å². The molecule has 1 aromatic rings. The van der Waals surface area contributed by atoms with E-state index in [1.54, 1.807) is 0 Å². The monoisotopic (exact) mass is 194 g/mol. The minimum absolute atomic E-state index is 0.387. The van der Waals surface area contributed by atoms with Gasteiger partial charge in [0.15, 0.2) is 0 Å². The zero-order valence-corrected chi connectivity index (χ0v) is 7.66. The second kappa shape index (κ2) is 3.75. The highest BCUT2D eigenvalue weighted by Gasteiger charge is 2.11. The zero-order chi connectivity index (χ0) is 9.97. The summed E-state index contributed by atoms with van der Waals surface area (Å²) in [4.78, 5) is 3.98. The molecule has 0 saturated carbocycles. The Bertz CT molecular complexity index is 376. The molecule has 0 aliphatic carbocycles. The van der Waals surface area contributed by atoms with E-state index in [2.05, 4.69) is 4.98 Å². The summed E-state index contributed by atoms with van der Waals surface area (Å²) in [5.74, 6) is -0.404. The molecule has 1 aromatic heterocycles. The van der Waals surface area contributed by atoms with Crippen molar-refractivity contribution in [2.24, 2.45) is 0 Å². The SMILES string of the molecule is Nc1cc(F)cnc1C1=CCOCC1. The first-order chi connectivity index (χ1) is 6.77. The molecule has 0 fully saturated rings. The molecule has 0 radical (unpaired) electrons. The molecular formula is C10H11FN2O. The van der Waals surface area contributed by atoms with Crippen molar-refractivity contribution < 1.29 is 9.13 Å². The number of hydrogen-bond donors (Lipinski definition) is 1. The Balaban J connectivity index is 2.35. The highest BCUT2D eigenvalue weighted by atomic mass is 19.1. The van der Waals surface area contributed by atoms with E-state index in [1.807, 2.05) is 6.08 Å². The van der Waals surface area contributed by atoms with Gasteiger partial charge in [-0.3, -0.25) is 4.98 Å². The Morgan fingerprint density at radius 2 is 2.36 bits per heavy atom. The molecule has 0 amide bonds. The topological polar surface area (TPSA) is 48.1 Å². The van der Waals surface area contributed by atoms with Gasteiger partial charge in [-0.15, -0.1) is 0 Å². The fourth-order valence-corrected chi connectivity index (χ4v) is 1.47. The van der Waals surface area contributed by atoms with Crippen molar-refractivity contribution in [3.63, 3.8) is 0 Å². The van der Waals surface area contributed by atoms with E-state index < -0.39 is 5.82 Å². The highest BCUT2D eigenvalue weighted by molar-refractivity contribution is 5.72. The van der Waals surface area contributed by atoms with Gasteiger partial charge in [0, 0.05) is 6.07 Å². The van der Waals surface area contributed by atoms with Crippen LogP contribution in [-0.2, 0) is 4.74 Å². The lowest BCUT2D eigenvalue weighted by Crippen LogP contribution is -2.07. The lowest BCUT2D eigenvalue weighted by Gasteiger charge is -2.14. The smallest absolute Gasteiger partial charge is 0.143 e. The van der Waals surface area contributed by atoms with Crippen molar-refractivity contribution >= 4 is 11.3 Å². The van der Waals surface area contributed by atoms with Crippen molar-refractivity contribution in [2.75, 3.05) is 18.9 Å². The molecule has 1 aliphatic rings. The van der Waals surface area contributed by atoms with Crippen LogP contribution in [0, 0.1) is 5.82 Å². The normalized spacial score (nSPS) is 16.5. The van der Waals surface area contributed by atoms with Gasteiger partial charge in [0.2, 0.25) is 0 Å². The number of rotatable bonds is 1. The summed E-state index contributed by atoms with van der Waals surface area (Å²) in [6, 6.07) is 1.29. The van der Waals surface area contributed by atoms with Crippen LogP contribution in [0.4, 0.5) is 10.1 Å². The molecule has 2 N–H and O–H groups in total. The third-order valence-corrected chi connectivity index (χ3v) is 2.15. The van der Waals surface area contributed by atoms with Crippen molar-refractivity contribution in [1.82, 2.24) is 4.98 Å². The predicted molar refractivity (Wildman–Crippen MR) is 52.0 cm³/mol. The fourth-order valence-electron chi connectivity index (χ4n) is 1.47. The summed E-state index contributed by atoms with van der Waals surface area (Å²) < 4.78 is 17.9. The number of pyridine rings is 1. The van der Waals surface area contributed by atoms with Crippen LogP contribution < -0.4 is 5.73 Å². The number of halogens is 1. The zero-order valence-electron chi connectivity index (χ0n) is 7.66. The molecule has 0 spiro atoms. The van der Waals surface area contributed by atoms with Crippen LogP contribution in [0.2, 0.25) is 0 Å². The molecule has 0 saturated heterocycles. The summed E-state index contributed by atoms with van der Waals surface area (Å²) >= 11 is 0. The summed E-state index contributed by atoms with van der Waals surface area (Å²) in [6.07, 6.45) is 3.89. The largest absolute Gasteiger partial charge is 0.397 e. The Labute approximate surface area is 81.4 Å². The molecule has 0 atom stereocenters. The first-order valence-corrected chi connectivity index (χ1v) is 4.45. The second-order valence-corrected chi connectivity index (χ2v) is 3.15. The number of nitrogen functional groups attached to an aromatic ring is 1. The Morgan fingerprint density at radius 3 is 3.00 bits per heavy atom. The molecule has 14 heavy (non-hydrogen) atoms. The molecule has 0 unspecified atom stereocenters. The van der Waals surface area contributed by atoms with Gasteiger partial charge in [-0.2, -0.15) is 0 Å². The first-order valence-electron chi connectivity index (χ1n) is 4.45. The van der Waals surface area contributed by atoms with Crippen molar-refractivity contribution in [2.45, 2.75) is 6.42 Å². The lowest BCUT2D eigenvalue weighted by molar-refractivity contribution is 0.161. The summed E-state index contributed by atoms with van der Waals surface area (Å²) in [5, 5.41) is 0. The van der Waals surface area contributed by atoms with E-state index in [4.69, 9.17) is 10.5 Å². The molecule has 4 heteroatoms. The molecule has 2 rings (SSSR count). The van der Waals surface area contributed by atoms with Crippen LogP contribution in [0.5, 0.6) is 0 Å². The Morgan fingerprint density at radius 1 is 1.50 bits per heavy atom. The molecular weight excluding hydrogens is 183 g/mol. The van der Waals surface area contributed by atoms with Crippen LogP contribution in [0.15, 0.2) is 18.3 Å². The number of nitrogens with two attached hydrogens (primary N) is 1. The second-order valence-electron chi connectivity index (χ2n) is 3.15. The van der Waals surface area contributed by atoms with Crippen molar-refractivity contribution in [3.8, 4) is 0 Å². The minimum atomic E-state index is -0.404. The third kappa shape index (κ3) is 1.75. The summed E-state index contributed by atoms with van der Waals surface area (Å²) in [6.45, 7) is 1.25. The number of nitrogens with zero attached hydrogens (tertiary/aromatic N) is 1. The predicted octanol–water partition coefficient (Wildman–Crippen LogP) is 1.61. The molecule has 0 bridgehead atoms. The molecule has 3 nitrogen and oxygen atoms in total. The van der Waals surface area contributed by atoms with E-state index in [9.17, 15) is 4.39 Å².